The molecule has 1 atom stereocenters. The van der Waals surface area contributed by atoms with E-state index in [-0.39, 0.29) is 0 Å². The van der Waals surface area contributed by atoms with Crippen LogP contribution in [0.15, 0.2) is 0 Å². The van der Waals surface area contributed by atoms with Gasteiger partial charge in [-0.05, 0) is 0 Å². The van der Waals surface area contributed by atoms with Gasteiger partial charge in [0.15, 0.2) is 0 Å². The van der Waals surface area contributed by atoms with Gasteiger partial charge >= 0.3 is 90.3 Å². The molecule has 2 rings (SSSR count). The predicted octanol–water partition coefficient (Wildman–Crippen LogP) is 1.84. The summed E-state index contributed by atoms with van der Waals surface area (Å²) < 4.78 is 1.21. The maximum atomic E-state index is 2.23. The Morgan fingerprint density at radius 1 is 1.27 bits per heavy atom. The third-order valence-corrected chi connectivity index (χ3v) is 13.4. The topological polar surface area (TPSA) is 0 Å². The Morgan fingerprint density at radius 2 is 2.00 bits per heavy atom. The van der Waals surface area contributed by atoms with Crippen LogP contribution in [0.25, 0.3) is 0 Å². The summed E-state index contributed by atoms with van der Waals surface area (Å²) >= 11 is 6.46. The molecular weight excluding hydrogens is 306 g/mol. The van der Waals surface area contributed by atoms with Crippen LogP contribution in [0, 0.1) is 0 Å². The molecule has 0 aromatic heterocycles. The van der Waals surface area contributed by atoms with Crippen LogP contribution < -0.4 is 0 Å². The van der Waals surface area contributed by atoms with Gasteiger partial charge in [0.1, 0.15) is 0 Å². The molecule has 0 radical (unpaired) electrons. The summed E-state index contributed by atoms with van der Waals surface area (Å²) in [4.78, 5) is 0. The van der Waals surface area contributed by atoms with Gasteiger partial charge in [0.25, 0.3) is 0 Å². The molecule has 0 saturated carbocycles. The van der Waals surface area contributed by atoms with Crippen molar-refractivity contribution in [3.05, 3.63) is 0 Å². The summed E-state index contributed by atoms with van der Waals surface area (Å²) in [6.45, 7) is 0. The molecule has 4 heteroatoms. The van der Waals surface area contributed by atoms with E-state index in [1.54, 1.807) is 10.6 Å². The fourth-order valence-electron chi connectivity index (χ4n) is 0.963. The van der Waals surface area contributed by atoms with E-state index in [2.05, 4.69) is 23.5 Å². The molecule has 2 saturated heterocycles. The van der Waals surface area contributed by atoms with E-state index in [1.807, 2.05) is 0 Å². The normalized spacial score (nSPS) is 31.1. The molecule has 0 aliphatic carbocycles. The van der Waals surface area contributed by atoms with Gasteiger partial charge in [-0.15, -0.1) is 0 Å². The average molecular weight is 318 g/mol. The Bertz CT molecular complexity index is 122. The van der Waals surface area contributed by atoms with Crippen LogP contribution in [-0.4, -0.2) is 52.4 Å². The first-order chi connectivity index (χ1) is 5.45. The molecule has 2 aliphatic rings. The Balaban J connectivity index is 1.51. The van der Waals surface area contributed by atoms with Gasteiger partial charge in [-0.2, -0.15) is 0 Å². The van der Waals surface area contributed by atoms with Gasteiger partial charge in [-0.25, -0.2) is 0 Å². The molecule has 0 aromatic rings. The van der Waals surface area contributed by atoms with Crippen molar-refractivity contribution in [2.24, 2.45) is 0 Å². The molecule has 0 N–H and O–H groups in total. The van der Waals surface area contributed by atoms with E-state index in [1.165, 1.54) is 21.0 Å². The van der Waals surface area contributed by atoms with E-state index in [0.29, 0.717) is 0 Å². The number of thioether (sulfide) groups is 2. The van der Waals surface area contributed by atoms with Crippen molar-refractivity contribution < 1.29 is 0 Å². The maximum absolute atomic E-state index is 2.23. The van der Waals surface area contributed by atoms with Crippen molar-refractivity contribution in [1.82, 2.24) is 0 Å². The predicted molar refractivity (Wildman–Crippen MR) is 58.4 cm³/mol. The van der Waals surface area contributed by atoms with Gasteiger partial charge < -0.3 is 0 Å². The second-order valence-corrected chi connectivity index (χ2v) is 12.1. The molecule has 0 aromatic carbocycles. The van der Waals surface area contributed by atoms with Crippen molar-refractivity contribution in [2.75, 3.05) is 17.3 Å². The molecule has 64 valence electrons. The van der Waals surface area contributed by atoms with E-state index >= 15 is 0 Å². The van der Waals surface area contributed by atoms with Gasteiger partial charge in [0.2, 0.25) is 0 Å². The SMILES string of the molecule is C1C[Se]C(CSCC2CS2)[Se]1. The Morgan fingerprint density at radius 3 is 2.64 bits per heavy atom. The molecule has 2 aliphatic heterocycles. The molecule has 0 amide bonds. The zero-order valence-electron chi connectivity index (χ0n) is 6.32. The van der Waals surface area contributed by atoms with E-state index < -0.39 is 0 Å². The molecule has 0 bridgehead atoms. The standard InChI is InChI=1S/C7H12S2Se2/c1-2-11-7(10-1)5-8-3-6-4-9-6/h6-7H,1-5H2. The number of hydrogen-bond acceptors (Lipinski definition) is 2. The van der Waals surface area contributed by atoms with Crippen molar-refractivity contribution in [3.8, 4) is 0 Å². The second kappa shape index (κ2) is 4.83. The van der Waals surface area contributed by atoms with E-state index in [4.69, 9.17) is 0 Å². The molecule has 0 spiro atoms. The van der Waals surface area contributed by atoms with Crippen LogP contribution in [0.1, 0.15) is 0 Å². The van der Waals surface area contributed by atoms with Crippen LogP contribution in [-0.2, 0) is 0 Å². The summed E-state index contributed by atoms with van der Waals surface area (Å²) in [6.07, 6.45) is 0. The van der Waals surface area contributed by atoms with Crippen LogP contribution in [0.5, 0.6) is 0 Å². The fraction of sp³-hybridized carbons (Fsp3) is 1.00. The zero-order valence-corrected chi connectivity index (χ0v) is 11.4. The average Bonchev–Trinajstić information content (AvgIpc) is 2.66. The second-order valence-electron chi connectivity index (χ2n) is 2.66. The molecular formula is C7H12S2Se2. The third kappa shape index (κ3) is 3.54. The van der Waals surface area contributed by atoms with Crippen LogP contribution in [0.3, 0.4) is 0 Å². The summed E-state index contributed by atoms with van der Waals surface area (Å²) in [5.74, 6) is 4.42. The Labute approximate surface area is 89.7 Å². The van der Waals surface area contributed by atoms with Crippen molar-refractivity contribution in [1.29, 1.82) is 0 Å². The number of hydrogen-bond donors (Lipinski definition) is 0. The van der Waals surface area contributed by atoms with Crippen LogP contribution >= 0.6 is 23.5 Å². The van der Waals surface area contributed by atoms with Gasteiger partial charge in [-0.3, -0.25) is 0 Å². The number of rotatable bonds is 4. The van der Waals surface area contributed by atoms with Gasteiger partial charge in [-0.1, -0.05) is 0 Å². The van der Waals surface area contributed by atoms with Crippen molar-refractivity contribution >= 4 is 53.4 Å². The fourth-order valence-corrected chi connectivity index (χ4v) is 12.3. The molecule has 2 heterocycles. The Hall–Kier alpha value is 1.74. The first kappa shape index (κ1) is 9.30. The van der Waals surface area contributed by atoms with Crippen molar-refractivity contribution in [2.45, 2.75) is 19.6 Å². The van der Waals surface area contributed by atoms with E-state index in [0.717, 1.165) is 35.2 Å². The monoisotopic (exact) mass is 320 g/mol. The molecule has 1 unspecified atom stereocenters. The first-order valence-corrected chi connectivity index (χ1v) is 10.5. The first-order valence-electron chi connectivity index (χ1n) is 3.88. The summed E-state index contributed by atoms with van der Waals surface area (Å²) in [6, 6.07) is 0. The molecule has 11 heavy (non-hydrogen) atoms. The minimum absolute atomic E-state index is 1.05. The molecule has 2 fully saturated rings. The summed E-state index contributed by atoms with van der Waals surface area (Å²) in [5, 5.41) is 4.24. The van der Waals surface area contributed by atoms with E-state index in [9.17, 15) is 0 Å². The summed E-state index contributed by atoms with van der Waals surface area (Å²) in [7, 11) is 0. The summed E-state index contributed by atoms with van der Waals surface area (Å²) in [5.41, 5.74) is 0. The van der Waals surface area contributed by atoms with Gasteiger partial charge in [0.05, 0.1) is 0 Å². The quantitative estimate of drug-likeness (QED) is 0.573. The minimum atomic E-state index is 1.05. The van der Waals surface area contributed by atoms with Crippen molar-refractivity contribution in [3.63, 3.8) is 0 Å². The van der Waals surface area contributed by atoms with Crippen LogP contribution in [0.4, 0.5) is 0 Å². The third-order valence-electron chi connectivity index (χ3n) is 1.65. The zero-order chi connectivity index (χ0) is 7.52. The Kier molecular flexibility index (Phi) is 4.08. The molecule has 0 nitrogen and oxygen atoms in total. The van der Waals surface area contributed by atoms with Crippen LogP contribution in [0.2, 0.25) is 14.4 Å². The van der Waals surface area contributed by atoms with Gasteiger partial charge in [0, 0.05) is 0 Å².